The van der Waals surface area contributed by atoms with Crippen LogP contribution in [0.3, 0.4) is 0 Å². The molecule has 3 rings (SSSR count). The number of rotatable bonds is 4. The van der Waals surface area contributed by atoms with Crippen LogP contribution >= 0.6 is 11.8 Å². The van der Waals surface area contributed by atoms with Crippen LogP contribution in [0.5, 0.6) is 0 Å². The second-order valence-electron chi connectivity index (χ2n) is 5.74. The van der Waals surface area contributed by atoms with Gasteiger partial charge in [0.1, 0.15) is 0 Å². The summed E-state index contributed by atoms with van der Waals surface area (Å²) in [6, 6.07) is 1.72. The number of H-pyrrole nitrogens is 1. The molecule has 9 heteroatoms. The van der Waals surface area contributed by atoms with Gasteiger partial charge in [0.15, 0.2) is 28.3 Å². The molecule has 0 saturated heterocycles. The zero-order chi connectivity index (χ0) is 19.0. The summed E-state index contributed by atoms with van der Waals surface area (Å²) in [5.41, 5.74) is 0.276. The van der Waals surface area contributed by atoms with Crippen LogP contribution in [-0.2, 0) is 0 Å². The summed E-state index contributed by atoms with van der Waals surface area (Å²) >= 11 is 1.13. The van der Waals surface area contributed by atoms with Crippen LogP contribution < -0.4 is 5.69 Å². The first kappa shape index (κ1) is 18.1. The Hall–Kier alpha value is -2.73. The fraction of sp³-hybridized carbons (Fsp3) is 0.235. The van der Waals surface area contributed by atoms with Crippen LogP contribution in [0.15, 0.2) is 22.1 Å². The third-order valence-corrected chi connectivity index (χ3v) is 4.39. The number of nitrogens with one attached hydrogen (secondary N) is 1. The Morgan fingerprint density at radius 3 is 2.54 bits per heavy atom. The highest BCUT2D eigenvalue weighted by atomic mass is 32.2. The van der Waals surface area contributed by atoms with Crippen molar-refractivity contribution in [3.8, 4) is 23.5 Å². The van der Waals surface area contributed by atoms with Gasteiger partial charge in [0.25, 0.3) is 0 Å². The van der Waals surface area contributed by atoms with Gasteiger partial charge in [0.05, 0.1) is 17.0 Å². The van der Waals surface area contributed by atoms with Gasteiger partial charge in [0.2, 0.25) is 0 Å². The third-order valence-electron chi connectivity index (χ3n) is 3.61. The fourth-order valence-electron chi connectivity index (χ4n) is 2.50. The van der Waals surface area contributed by atoms with Gasteiger partial charge >= 0.3 is 5.69 Å². The maximum Gasteiger partial charge on any atom is 0.350 e. The predicted octanol–water partition coefficient (Wildman–Crippen LogP) is 3.35. The Morgan fingerprint density at radius 1 is 1.31 bits per heavy atom. The van der Waals surface area contributed by atoms with E-state index in [1.807, 2.05) is 13.8 Å². The molecule has 0 aliphatic carbocycles. The second kappa shape index (κ2) is 6.88. The largest absolute Gasteiger partial charge is 0.350 e. The van der Waals surface area contributed by atoms with Crippen molar-refractivity contribution >= 4 is 17.4 Å². The molecule has 0 radical (unpaired) electrons. The lowest BCUT2D eigenvalue weighted by molar-refractivity contribution is 0.447. The highest BCUT2D eigenvalue weighted by molar-refractivity contribution is 7.99. The Bertz CT molecular complexity index is 1070. The quantitative estimate of drug-likeness (QED) is 0.430. The van der Waals surface area contributed by atoms with E-state index < -0.39 is 23.1 Å². The molecule has 1 aromatic carbocycles. The SMILES string of the molecule is C#CCSc1nc2c(-c3cc(F)c(F)c(F)c3)c(C(C)C)nn2c(=O)[nH]1. The molecular formula is C17H13F3N4OS. The molecule has 0 aliphatic rings. The summed E-state index contributed by atoms with van der Waals surface area (Å²) < 4.78 is 41.8. The standard InChI is InChI=1S/C17H13F3N4OS/c1-4-5-26-16-21-15-12(9-6-10(18)13(20)11(19)7-9)14(8(2)3)23-24(15)17(25)22-16/h1,6-8H,5H2,2-3H3,(H,21,22,25). The summed E-state index contributed by atoms with van der Waals surface area (Å²) in [6.45, 7) is 3.62. The Labute approximate surface area is 150 Å². The highest BCUT2D eigenvalue weighted by Crippen LogP contribution is 2.33. The van der Waals surface area contributed by atoms with Crippen LogP contribution in [-0.4, -0.2) is 25.3 Å². The monoisotopic (exact) mass is 378 g/mol. The first-order chi connectivity index (χ1) is 12.3. The minimum absolute atomic E-state index is 0.0473. The normalized spacial score (nSPS) is 11.3. The molecule has 3 aromatic rings. The number of aromatic amines is 1. The van der Waals surface area contributed by atoms with Gasteiger partial charge in [-0.3, -0.25) is 4.98 Å². The van der Waals surface area contributed by atoms with Crippen molar-refractivity contribution < 1.29 is 13.2 Å². The minimum Gasteiger partial charge on any atom is -0.285 e. The molecule has 0 spiro atoms. The highest BCUT2D eigenvalue weighted by Gasteiger charge is 2.23. The number of terminal acetylenes is 1. The van der Waals surface area contributed by atoms with Crippen molar-refractivity contribution in [2.45, 2.75) is 24.9 Å². The van der Waals surface area contributed by atoms with Crippen LogP contribution in [0.4, 0.5) is 13.2 Å². The van der Waals surface area contributed by atoms with E-state index in [4.69, 9.17) is 6.42 Å². The zero-order valence-electron chi connectivity index (χ0n) is 13.8. The smallest absolute Gasteiger partial charge is 0.285 e. The molecule has 0 unspecified atom stereocenters. The lowest BCUT2D eigenvalue weighted by Gasteiger charge is -2.07. The number of benzene rings is 1. The van der Waals surface area contributed by atoms with Gasteiger partial charge in [-0.25, -0.2) is 22.9 Å². The van der Waals surface area contributed by atoms with E-state index in [1.165, 1.54) is 0 Å². The number of aromatic nitrogens is 4. The van der Waals surface area contributed by atoms with Gasteiger partial charge in [-0.1, -0.05) is 31.5 Å². The average molecular weight is 378 g/mol. The number of hydrogen-bond donors (Lipinski definition) is 1. The lowest BCUT2D eigenvalue weighted by atomic mass is 9.99. The summed E-state index contributed by atoms with van der Waals surface area (Å²) in [4.78, 5) is 19.2. The third kappa shape index (κ3) is 3.08. The number of thioether (sulfide) groups is 1. The maximum absolute atomic E-state index is 13.7. The van der Waals surface area contributed by atoms with E-state index in [2.05, 4.69) is 21.0 Å². The molecule has 2 aromatic heterocycles. The first-order valence-electron chi connectivity index (χ1n) is 7.57. The Morgan fingerprint density at radius 2 is 1.96 bits per heavy atom. The summed E-state index contributed by atoms with van der Waals surface area (Å²) in [6.07, 6.45) is 5.21. The molecule has 5 nitrogen and oxygen atoms in total. The van der Waals surface area contributed by atoms with Crippen molar-refractivity contribution in [3.63, 3.8) is 0 Å². The van der Waals surface area contributed by atoms with Crippen LogP contribution in [0.2, 0.25) is 0 Å². The van der Waals surface area contributed by atoms with Crippen LogP contribution in [0.1, 0.15) is 25.5 Å². The minimum atomic E-state index is -1.56. The molecule has 0 fully saturated rings. The van der Waals surface area contributed by atoms with E-state index in [0.29, 0.717) is 5.69 Å². The molecule has 134 valence electrons. The Balaban J connectivity index is 2.35. The first-order valence-corrected chi connectivity index (χ1v) is 8.56. The van der Waals surface area contributed by atoms with E-state index in [-0.39, 0.29) is 33.6 Å². The molecule has 0 aliphatic heterocycles. The van der Waals surface area contributed by atoms with Crippen molar-refractivity contribution in [2.24, 2.45) is 0 Å². The molecular weight excluding hydrogens is 365 g/mol. The van der Waals surface area contributed by atoms with E-state index >= 15 is 0 Å². The van der Waals surface area contributed by atoms with Crippen molar-refractivity contribution in [1.82, 2.24) is 19.6 Å². The number of fused-ring (bicyclic) bond motifs is 1. The van der Waals surface area contributed by atoms with E-state index in [0.717, 1.165) is 28.4 Å². The van der Waals surface area contributed by atoms with Gasteiger partial charge in [-0.05, 0) is 23.6 Å². The summed E-state index contributed by atoms with van der Waals surface area (Å²) in [5, 5.41) is 4.46. The lowest BCUT2D eigenvalue weighted by Crippen LogP contribution is -2.19. The molecule has 0 saturated carbocycles. The maximum atomic E-state index is 13.7. The molecule has 26 heavy (non-hydrogen) atoms. The molecule has 2 heterocycles. The second-order valence-corrected chi connectivity index (χ2v) is 6.71. The molecule has 0 amide bonds. The Kier molecular flexibility index (Phi) is 4.78. The number of halogens is 3. The average Bonchev–Trinajstić information content (AvgIpc) is 2.97. The fourth-order valence-corrected chi connectivity index (χ4v) is 3.03. The van der Waals surface area contributed by atoms with Crippen molar-refractivity contribution in [2.75, 3.05) is 5.75 Å². The predicted molar refractivity (Wildman–Crippen MR) is 92.6 cm³/mol. The number of nitrogens with zero attached hydrogens (tertiary/aromatic N) is 3. The number of hydrogen-bond acceptors (Lipinski definition) is 4. The van der Waals surface area contributed by atoms with E-state index in [9.17, 15) is 18.0 Å². The van der Waals surface area contributed by atoms with Gasteiger partial charge in [-0.15, -0.1) is 6.42 Å². The zero-order valence-corrected chi connectivity index (χ0v) is 14.6. The summed E-state index contributed by atoms with van der Waals surface area (Å²) in [5.74, 6) is -1.72. The van der Waals surface area contributed by atoms with Gasteiger partial charge < -0.3 is 0 Å². The van der Waals surface area contributed by atoms with E-state index in [1.54, 1.807) is 0 Å². The van der Waals surface area contributed by atoms with Gasteiger partial charge in [-0.2, -0.15) is 9.61 Å². The molecule has 1 N–H and O–H groups in total. The molecule has 0 atom stereocenters. The topological polar surface area (TPSA) is 63.1 Å². The van der Waals surface area contributed by atoms with Crippen molar-refractivity contribution in [3.05, 3.63) is 45.8 Å². The van der Waals surface area contributed by atoms with Crippen LogP contribution in [0, 0.1) is 29.8 Å². The summed E-state index contributed by atoms with van der Waals surface area (Å²) in [7, 11) is 0. The molecule has 0 bridgehead atoms. The van der Waals surface area contributed by atoms with Crippen molar-refractivity contribution in [1.29, 1.82) is 0 Å². The van der Waals surface area contributed by atoms with Gasteiger partial charge in [0, 0.05) is 0 Å². The van der Waals surface area contributed by atoms with Crippen LogP contribution in [0.25, 0.3) is 16.8 Å².